The second-order valence-corrected chi connectivity index (χ2v) is 8.11. The molecule has 0 bridgehead atoms. The van der Waals surface area contributed by atoms with Crippen molar-refractivity contribution in [3.05, 3.63) is 99.6 Å². The third kappa shape index (κ3) is 6.27. The Labute approximate surface area is 189 Å². The lowest BCUT2D eigenvalue weighted by Gasteiger charge is -2.15. The molecule has 0 spiro atoms. The maximum Gasteiger partial charge on any atom is 0.293 e. The van der Waals surface area contributed by atoms with Crippen LogP contribution in [0.2, 0.25) is 0 Å². The largest absolute Gasteiger partial charge is 0.371 e. The lowest BCUT2D eigenvalue weighted by Crippen LogP contribution is -2.26. The van der Waals surface area contributed by atoms with Crippen LogP contribution in [-0.2, 0) is 5.75 Å². The Hall–Kier alpha value is -3.46. The van der Waals surface area contributed by atoms with Crippen LogP contribution in [0.15, 0.2) is 66.9 Å². The van der Waals surface area contributed by atoms with Gasteiger partial charge in [0.25, 0.3) is 11.6 Å². The number of hydrogen-bond acceptors (Lipinski definition) is 6. The molecule has 3 aromatic rings. The summed E-state index contributed by atoms with van der Waals surface area (Å²) in [5, 5.41) is 17.4. The molecule has 7 nitrogen and oxygen atoms in total. The number of benzene rings is 2. The Morgan fingerprint density at radius 3 is 2.69 bits per heavy atom. The molecule has 0 radical (unpaired) electrons. The van der Waals surface area contributed by atoms with E-state index in [1.54, 1.807) is 36.5 Å². The van der Waals surface area contributed by atoms with Gasteiger partial charge in [-0.2, -0.15) is 11.8 Å². The topological polar surface area (TPSA) is 97.2 Å². The number of nitro benzene ring substituents is 1. The molecule has 1 aromatic heterocycles. The summed E-state index contributed by atoms with van der Waals surface area (Å²) in [6.07, 6.45) is 1.66. The highest BCUT2D eigenvalue weighted by molar-refractivity contribution is 7.98. The summed E-state index contributed by atoms with van der Waals surface area (Å²) in [7, 11) is 0. The van der Waals surface area contributed by atoms with E-state index < -0.39 is 10.8 Å². The fraction of sp³-hybridized carbons (Fsp3) is 0.217. The van der Waals surface area contributed by atoms with E-state index in [9.17, 15) is 19.3 Å². The van der Waals surface area contributed by atoms with Gasteiger partial charge in [0.15, 0.2) is 0 Å². The van der Waals surface area contributed by atoms with Crippen molar-refractivity contribution < 1.29 is 14.1 Å². The maximum atomic E-state index is 13.6. The highest BCUT2D eigenvalue weighted by Gasteiger charge is 2.19. The number of halogens is 1. The molecule has 32 heavy (non-hydrogen) atoms. The van der Waals surface area contributed by atoms with Crippen LogP contribution in [0.5, 0.6) is 0 Å². The van der Waals surface area contributed by atoms with Crippen LogP contribution in [0.1, 0.15) is 34.6 Å². The number of nitrogens with zero attached hydrogens (tertiary/aromatic N) is 2. The highest BCUT2D eigenvalue weighted by Crippen LogP contribution is 2.29. The normalized spacial score (nSPS) is 11.6. The van der Waals surface area contributed by atoms with Gasteiger partial charge in [0.1, 0.15) is 11.5 Å². The van der Waals surface area contributed by atoms with Gasteiger partial charge < -0.3 is 10.6 Å². The van der Waals surface area contributed by atoms with E-state index in [0.717, 1.165) is 5.69 Å². The lowest BCUT2D eigenvalue weighted by atomic mass is 10.1. The quantitative estimate of drug-likeness (QED) is 0.255. The first-order chi connectivity index (χ1) is 15.5. The zero-order chi connectivity index (χ0) is 22.9. The van der Waals surface area contributed by atoms with Crippen LogP contribution >= 0.6 is 11.8 Å². The number of nitro groups is 1. The number of anilines is 1. The molecule has 1 unspecified atom stereocenters. The van der Waals surface area contributed by atoms with Gasteiger partial charge in [-0.25, -0.2) is 4.39 Å². The summed E-state index contributed by atoms with van der Waals surface area (Å²) in [5.74, 6) is 0.443. The predicted molar refractivity (Wildman–Crippen MR) is 124 cm³/mol. The number of carbonyl (C=O) groups excluding carboxylic acids is 1. The van der Waals surface area contributed by atoms with Crippen molar-refractivity contribution in [2.75, 3.05) is 17.6 Å². The predicted octanol–water partition coefficient (Wildman–Crippen LogP) is 4.97. The molecule has 0 aliphatic rings. The minimum atomic E-state index is -0.519. The van der Waals surface area contributed by atoms with Crippen molar-refractivity contribution in [2.45, 2.75) is 18.7 Å². The molecule has 0 saturated carbocycles. The smallest absolute Gasteiger partial charge is 0.293 e. The van der Waals surface area contributed by atoms with Gasteiger partial charge in [-0.15, -0.1) is 0 Å². The van der Waals surface area contributed by atoms with Crippen molar-refractivity contribution >= 4 is 29.0 Å². The van der Waals surface area contributed by atoms with E-state index in [4.69, 9.17) is 0 Å². The molecule has 9 heteroatoms. The van der Waals surface area contributed by atoms with Crippen LogP contribution in [0.25, 0.3) is 0 Å². The summed E-state index contributed by atoms with van der Waals surface area (Å²) in [5.41, 5.74) is 1.69. The van der Waals surface area contributed by atoms with Crippen LogP contribution in [0.3, 0.4) is 0 Å². The van der Waals surface area contributed by atoms with Crippen molar-refractivity contribution in [3.63, 3.8) is 0 Å². The van der Waals surface area contributed by atoms with Gasteiger partial charge in [-0.3, -0.25) is 19.9 Å². The molecule has 2 N–H and O–H groups in total. The Balaban J connectivity index is 1.56. The third-order valence-electron chi connectivity index (χ3n) is 4.71. The first-order valence-corrected chi connectivity index (χ1v) is 11.2. The second kappa shape index (κ2) is 11.2. The lowest BCUT2D eigenvalue weighted by molar-refractivity contribution is -0.384. The number of aromatic nitrogens is 1. The van der Waals surface area contributed by atoms with Crippen LogP contribution in [0.4, 0.5) is 15.8 Å². The van der Waals surface area contributed by atoms with Gasteiger partial charge in [-0.1, -0.05) is 24.3 Å². The summed E-state index contributed by atoms with van der Waals surface area (Å²) in [6.45, 7) is 2.22. The molecule has 1 heterocycles. The van der Waals surface area contributed by atoms with E-state index in [0.29, 0.717) is 29.3 Å². The first-order valence-electron chi connectivity index (χ1n) is 10.0. The van der Waals surface area contributed by atoms with Crippen LogP contribution < -0.4 is 10.6 Å². The van der Waals surface area contributed by atoms with Gasteiger partial charge in [0, 0.05) is 35.9 Å². The number of nitrogens with one attached hydrogen (secondary N) is 2. The SMILES string of the molecule is CC(Nc1ccc(C(=O)NCCSCc2ccccc2F)cc1[N+](=O)[O-])c1ccccn1. The van der Waals surface area contributed by atoms with Crippen molar-refractivity contribution in [3.8, 4) is 0 Å². The minimum absolute atomic E-state index is 0.186. The van der Waals surface area contributed by atoms with E-state index in [-0.39, 0.29) is 23.1 Å². The Kier molecular flexibility index (Phi) is 8.15. The summed E-state index contributed by atoms with van der Waals surface area (Å²) >= 11 is 1.49. The molecule has 0 aliphatic carbocycles. The molecule has 3 rings (SSSR count). The van der Waals surface area contributed by atoms with Crippen molar-refractivity contribution in [2.24, 2.45) is 0 Å². The van der Waals surface area contributed by atoms with E-state index >= 15 is 0 Å². The molecular weight excluding hydrogens is 431 g/mol. The van der Waals surface area contributed by atoms with Crippen molar-refractivity contribution in [1.82, 2.24) is 10.3 Å². The number of thioether (sulfide) groups is 1. The number of pyridine rings is 1. The Morgan fingerprint density at radius 1 is 1.19 bits per heavy atom. The molecule has 0 fully saturated rings. The van der Waals surface area contributed by atoms with Gasteiger partial charge in [-0.05, 0) is 42.8 Å². The second-order valence-electron chi connectivity index (χ2n) is 7.01. The molecule has 0 saturated heterocycles. The Morgan fingerprint density at radius 2 is 1.97 bits per heavy atom. The number of amides is 1. The molecule has 2 aromatic carbocycles. The average Bonchev–Trinajstić information content (AvgIpc) is 2.80. The fourth-order valence-corrected chi connectivity index (χ4v) is 3.87. The molecule has 1 amide bonds. The highest BCUT2D eigenvalue weighted by atomic mass is 32.2. The van der Waals surface area contributed by atoms with Crippen molar-refractivity contribution in [1.29, 1.82) is 0 Å². The average molecular weight is 455 g/mol. The third-order valence-corrected chi connectivity index (χ3v) is 5.72. The molecule has 1 atom stereocenters. The first kappa shape index (κ1) is 23.2. The van der Waals surface area contributed by atoms with Gasteiger partial charge >= 0.3 is 0 Å². The van der Waals surface area contributed by atoms with E-state index in [1.165, 1.54) is 30.0 Å². The maximum absolute atomic E-state index is 13.6. The monoisotopic (exact) mass is 454 g/mol. The fourth-order valence-electron chi connectivity index (χ4n) is 3.02. The standard InChI is InChI=1S/C23H23FN4O3S/c1-16(20-8-4-5-11-25-20)27-21-10-9-17(14-22(21)28(30)31)23(29)26-12-13-32-15-18-6-2-3-7-19(18)24/h2-11,14,16,27H,12-13,15H2,1H3,(H,26,29). The summed E-state index contributed by atoms with van der Waals surface area (Å²) in [4.78, 5) is 27.7. The zero-order valence-electron chi connectivity index (χ0n) is 17.5. The van der Waals surface area contributed by atoms with Gasteiger partial charge in [0.2, 0.25) is 0 Å². The minimum Gasteiger partial charge on any atom is -0.371 e. The van der Waals surface area contributed by atoms with Gasteiger partial charge in [0.05, 0.1) is 16.7 Å². The number of hydrogen-bond donors (Lipinski definition) is 2. The van der Waals surface area contributed by atoms with Crippen LogP contribution in [-0.4, -0.2) is 28.1 Å². The number of carbonyl (C=O) groups is 1. The molecular formula is C23H23FN4O3S. The molecule has 166 valence electrons. The van der Waals surface area contributed by atoms with E-state index in [1.807, 2.05) is 19.1 Å². The summed E-state index contributed by atoms with van der Waals surface area (Å²) < 4.78 is 13.6. The number of rotatable bonds is 10. The molecule has 0 aliphatic heterocycles. The van der Waals surface area contributed by atoms with Crippen LogP contribution in [0, 0.1) is 15.9 Å². The Bertz CT molecular complexity index is 1080. The zero-order valence-corrected chi connectivity index (χ0v) is 18.3. The summed E-state index contributed by atoms with van der Waals surface area (Å²) in [6, 6.07) is 16.1. The van der Waals surface area contributed by atoms with E-state index in [2.05, 4.69) is 15.6 Å².